The molecule has 10 heteroatoms. The first-order valence-electron chi connectivity index (χ1n) is 14.3. The van der Waals surface area contributed by atoms with E-state index in [-0.39, 0.29) is 36.4 Å². The van der Waals surface area contributed by atoms with Gasteiger partial charge in [-0.25, -0.2) is 9.59 Å². The van der Waals surface area contributed by atoms with Crippen LogP contribution < -0.4 is 10.1 Å². The maximum atomic E-state index is 13.5. The number of ether oxygens (including phenoxy) is 3. The van der Waals surface area contributed by atoms with Gasteiger partial charge in [0.25, 0.3) is 5.91 Å². The van der Waals surface area contributed by atoms with E-state index in [1.807, 2.05) is 20.8 Å². The van der Waals surface area contributed by atoms with Crippen LogP contribution in [0, 0.1) is 0 Å². The van der Waals surface area contributed by atoms with Gasteiger partial charge in [0.05, 0.1) is 26.7 Å². The second-order valence-corrected chi connectivity index (χ2v) is 11.6. The Hall–Kier alpha value is -3.11. The van der Waals surface area contributed by atoms with Crippen molar-refractivity contribution in [2.45, 2.75) is 96.6 Å². The van der Waals surface area contributed by atoms with Crippen molar-refractivity contribution in [2.24, 2.45) is 0 Å². The first-order valence-corrected chi connectivity index (χ1v) is 14.3. The van der Waals surface area contributed by atoms with Crippen LogP contribution in [0.2, 0.25) is 0 Å². The molecular weight excluding hydrogens is 516 g/mol. The van der Waals surface area contributed by atoms with Crippen LogP contribution in [0.5, 0.6) is 5.75 Å². The standard InChI is InChI=1S/C30H42N2O8/c1-30(2,3)40-25(34)17-20-38-18-10-8-6-5-7-9-11-19-39-23-14-12-13-21-26(23)29(37)32(4,28(21)36)22-15-16-24(33)31-27(22)35/h12-14,22H,5-11,15-20H2,1-4H3/p+1/t22?,32-/m0/s1. The molecule has 4 amide bonds. The van der Waals surface area contributed by atoms with Crippen molar-refractivity contribution in [3.05, 3.63) is 29.3 Å². The molecule has 0 aliphatic carbocycles. The van der Waals surface area contributed by atoms with E-state index in [1.54, 1.807) is 18.2 Å². The zero-order valence-corrected chi connectivity index (χ0v) is 24.2. The molecule has 1 saturated heterocycles. The van der Waals surface area contributed by atoms with Crippen molar-refractivity contribution in [3.8, 4) is 5.75 Å². The summed E-state index contributed by atoms with van der Waals surface area (Å²) >= 11 is 0. The highest BCUT2D eigenvalue weighted by atomic mass is 16.6. The lowest BCUT2D eigenvalue weighted by Gasteiger charge is -2.33. The number of carbonyl (C=O) groups excluding carboxylic acids is 5. The summed E-state index contributed by atoms with van der Waals surface area (Å²) in [6.45, 7) is 6.99. The molecule has 1 aromatic carbocycles. The summed E-state index contributed by atoms with van der Waals surface area (Å²) in [7, 11) is 1.45. The fraction of sp³-hybridized carbons (Fsp3) is 0.633. The topological polar surface area (TPSA) is 125 Å². The fourth-order valence-electron chi connectivity index (χ4n) is 5.11. The predicted molar refractivity (Wildman–Crippen MR) is 147 cm³/mol. The highest BCUT2D eigenvalue weighted by Crippen LogP contribution is 2.38. The number of nitrogens with zero attached hydrogens (tertiary/aromatic N) is 1. The summed E-state index contributed by atoms with van der Waals surface area (Å²) in [5.41, 5.74) is 0.00188. The maximum Gasteiger partial charge on any atom is 0.358 e. The number of rotatable bonds is 15. The zero-order chi connectivity index (χ0) is 29.3. The number of fused-ring (bicyclic) bond motifs is 1. The number of imide groups is 2. The SMILES string of the molecule is CC(C)(C)OC(=O)CCOCCCCCCCCCOc1cccc2c1C(=O)[N@@+](C)(C1CCC(=O)NC1=O)C2=O. The molecule has 1 unspecified atom stereocenters. The summed E-state index contributed by atoms with van der Waals surface area (Å²) in [4.78, 5) is 62.4. The lowest BCUT2D eigenvalue weighted by molar-refractivity contribution is -0.760. The summed E-state index contributed by atoms with van der Waals surface area (Å²) in [6, 6.07) is 4.01. The van der Waals surface area contributed by atoms with Crippen LogP contribution in [-0.2, 0) is 23.9 Å². The number of carbonyl (C=O) groups is 5. The highest BCUT2D eigenvalue weighted by molar-refractivity contribution is 6.17. The second-order valence-electron chi connectivity index (χ2n) is 11.6. The summed E-state index contributed by atoms with van der Waals surface area (Å²) in [5.74, 6) is -1.79. The number of likely N-dealkylation sites (N-methyl/N-ethyl adjacent to an activating group) is 1. The van der Waals surface area contributed by atoms with E-state index in [4.69, 9.17) is 14.2 Å². The molecule has 0 aromatic heterocycles. The maximum absolute atomic E-state index is 13.5. The molecule has 2 atom stereocenters. The van der Waals surface area contributed by atoms with Crippen molar-refractivity contribution in [1.29, 1.82) is 0 Å². The van der Waals surface area contributed by atoms with E-state index in [0.717, 1.165) is 44.9 Å². The molecule has 10 nitrogen and oxygen atoms in total. The minimum atomic E-state index is -0.943. The fourth-order valence-corrected chi connectivity index (χ4v) is 5.11. The number of hydrogen-bond acceptors (Lipinski definition) is 8. The number of unbranched alkanes of at least 4 members (excludes halogenated alkanes) is 6. The third-order valence-electron chi connectivity index (χ3n) is 7.21. The van der Waals surface area contributed by atoms with Crippen LogP contribution in [0.25, 0.3) is 0 Å². The zero-order valence-electron chi connectivity index (χ0n) is 24.2. The average Bonchev–Trinajstić information content (AvgIpc) is 3.07. The number of piperidine rings is 1. The predicted octanol–water partition coefficient (Wildman–Crippen LogP) is 4.09. The molecule has 40 heavy (non-hydrogen) atoms. The van der Waals surface area contributed by atoms with Gasteiger partial charge in [-0.05, 0) is 45.7 Å². The number of nitrogens with one attached hydrogen (secondary N) is 1. The number of amides is 4. The van der Waals surface area contributed by atoms with E-state index < -0.39 is 39.8 Å². The Morgan fingerprint density at radius 1 is 0.925 bits per heavy atom. The molecule has 2 aliphatic heterocycles. The van der Waals surface area contributed by atoms with Gasteiger partial charge >= 0.3 is 17.8 Å². The van der Waals surface area contributed by atoms with Gasteiger partial charge in [-0.1, -0.05) is 38.2 Å². The summed E-state index contributed by atoms with van der Waals surface area (Å²) in [5, 5.41) is 2.25. The van der Waals surface area contributed by atoms with Gasteiger partial charge in [0.1, 0.15) is 22.5 Å². The van der Waals surface area contributed by atoms with E-state index in [9.17, 15) is 24.0 Å². The average molecular weight is 560 g/mol. The van der Waals surface area contributed by atoms with Crippen molar-refractivity contribution >= 4 is 29.6 Å². The molecule has 0 saturated carbocycles. The van der Waals surface area contributed by atoms with E-state index in [1.165, 1.54) is 7.05 Å². The van der Waals surface area contributed by atoms with Crippen LogP contribution in [0.3, 0.4) is 0 Å². The Balaban J connectivity index is 1.32. The van der Waals surface area contributed by atoms with Gasteiger partial charge in [0.15, 0.2) is 6.04 Å². The molecule has 0 bridgehead atoms. The van der Waals surface area contributed by atoms with Gasteiger partial charge in [-0.15, -0.1) is 0 Å². The third kappa shape index (κ3) is 7.97. The van der Waals surface area contributed by atoms with Crippen LogP contribution >= 0.6 is 0 Å². The normalized spacial score (nSPS) is 20.9. The van der Waals surface area contributed by atoms with E-state index in [2.05, 4.69) is 5.32 Å². The number of esters is 1. The Morgan fingerprint density at radius 3 is 2.23 bits per heavy atom. The molecule has 1 fully saturated rings. The highest BCUT2D eigenvalue weighted by Gasteiger charge is 2.59. The van der Waals surface area contributed by atoms with E-state index >= 15 is 0 Å². The lowest BCUT2D eigenvalue weighted by Crippen LogP contribution is -2.64. The minimum Gasteiger partial charge on any atom is -0.493 e. The van der Waals surface area contributed by atoms with Crippen LogP contribution in [0.15, 0.2) is 18.2 Å². The van der Waals surface area contributed by atoms with Gasteiger partial charge in [0.2, 0.25) is 5.91 Å². The summed E-state index contributed by atoms with van der Waals surface area (Å²) in [6.07, 6.45) is 7.61. The molecule has 1 aromatic rings. The quantitative estimate of drug-likeness (QED) is 0.147. The van der Waals surface area contributed by atoms with E-state index in [0.29, 0.717) is 25.6 Å². The van der Waals surface area contributed by atoms with Crippen molar-refractivity contribution in [3.63, 3.8) is 0 Å². The molecule has 220 valence electrons. The molecule has 2 heterocycles. The smallest absolute Gasteiger partial charge is 0.358 e. The molecule has 2 aliphatic rings. The monoisotopic (exact) mass is 559 g/mol. The Labute approximate surface area is 236 Å². The lowest BCUT2D eigenvalue weighted by atomic mass is 10.0. The number of hydrogen-bond donors (Lipinski definition) is 1. The Bertz CT molecular complexity index is 1110. The van der Waals surface area contributed by atoms with Crippen LogP contribution in [0.1, 0.15) is 106 Å². The largest absolute Gasteiger partial charge is 0.493 e. The van der Waals surface area contributed by atoms with Crippen LogP contribution in [0.4, 0.5) is 0 Å². The second kappa shape index (κ2) is 14.0. The first kappa shape index (κ1) is 31.4. The van der Waals surface area contributed by atoms with Gasteiger partial charge in [-0.3, -0.25) is 19.7 Å². The Kier molecular flexibility index (Phi) is 11.0. The number of benzene rings is 1. The third-order valence-corrected chi connectivity index (χ3v) is 7.21. The number of quaternary nitrogens is 1. The van der Waals surface area contributed by atoms with Gasteiger partial charge in [-0.2, -0.15) is 4.48 Å². The van der Waals surface area contributed by atoms with Crippen molar-refractivity contribution in [2.75, 3.05) is 26.9 Å². The summed E-state index contributed by atoms with van der Waals surface area (Å²) < 4.78 is 16.0. The minimum absolute atomic E-state index is 0.0914. The van der Waals surface area contributed by atoms with Crippen molar-refractivity contribution in [1.82, 2.24) is 5.32 Å². The van der Waals surface area contributed by atoms with Gasteiger partial charge in [0, 0.05) is 19.4 Å². The molecule has 1 N–H and O–H groups in total. The first-order chi connectivity index (χ1) is 18.9. The van der Waals surface area contributed by atoms with Gasteiger partial charge < -0.3 is 14.2 Å². The Morgan fingerprint density at radius 2 is 1.57 bits per heavy atom. The molecule has 0 radical (unpaired) electrons. The molecule has 0 spiro atoms. The van der Waals surface area contributed by atoms with Crippen LogP contribution in [-0.4, -0.2) is 72.6 Å². The molecule has 3 rings (SSSR count). The van der Waals surface area contributed by atoms with Crippen molar-refractivity contribution < 1.29 is 42.7 Å². The molecular formula is C30H43N2O8+.